The molecule has 118 valence electrons. The molecule has 0 atom stereocenters. The summed E-state index contributed by atoms with van der Waals surface area (Å²) in [4.78, 5) is 23.1. The quantitative estimate of drug-likeness (QED) is 0.812. The fourth-order valence-corrected chi connectivity index (χ4v) is 3.00. The SMILES string of the molecule is CCOC(=O)c1c(C)oc2ncnc(N3CCCCCC3)c12. The summed E-state index contributed by atoms with van der Waals surface area (Å²) in [6, 6.07) is 0. The lowest BCUT2D eigenvalue weighted by Gasteiger charge is -2.21. The molecule has 1 aliphatic rings. The third-order valence-electron chi connectivity index (χ3n) is 4.03. The van der Waals surface area contributed by atoms with Crippen LogP contribution < -0.4 is 4.90 Å². The van der Waals surface area contributed by atoms with E-state index in [9.17, 15) is 4.79 Å². The van der Waals surface area contributed by atoms with E-state index in [1.807, 2.05) is 0 Å². The normalized spacial score (nSPS) is 15.8. The Morgan fingerprint density at radius 3 is 2.68 bits per heavy atom. The third kappa shape index (κ3) is 2.65. The summed E-state index contributed by atoms with van der Waals surface area (Å²) in [5.41, 5.74) is 0.909. The Kier molecular flexibility index (Phi) is 4.27. The van der Waals surface area contributed by atoms with E-state index in [0.29, 0.717) is 29.0 Å². The minimum atomic E-state index is -0.371. The second-order valence-electron chi connectivity index (χ2n) is 5.53. The van der Waals surface area contributed by atoms with Crippen molar-refractivity contribution in [2.75, 3.05) is 24.6 Å². The molecule has 0 amide bonds. The highest BCUT2D eigenvalue weighted by atomic mass is 16.5. The zero-order valence-electron chi connectivity index (χ0n) is 13.1. The molecule has 0 spiro atoms. The molecule has 1 saturated heterocycles. The van der Waals surface area contributed by atoms with Crippen molar-refractivity contribution in [2.45, 2.75) is 39.5 Å². The first kappa shape index (κ1) is 14.8. The van der Waals surface area contributed by atoms with Crippen molar-refractivity contribution in [3.63, 3.8) is 0 Å². The number of nitrogens with zero attached hydrogens (tertiary/aromatic N) is 3. The predicted molar refractivity (Wildman–Crippen MR) is 83.2 cm³/mol. The highest BCUT2D eigenvalue weighted by Gasteiger charge is 2.26. The molecule has 0 saturated carbocycles. The monoisotopic (exact) mass is 303 g/mol. The smallest absolute Gasteiger partial charge is 0.342 e. The first-order chi connectivity index (χ1) is 10.7. The lowest BCUT2D eigenvalue weighted by molar-refractivity contribution is 0.0526. The van der Waals surface area contributed by atoms with Crippen LogP contribution in [0.1, 0.15) is 48.7 Å². The van der Waals surface area contributed by atoms with Crippen LogP contribution in [0.15, 0.2) is 10.7 Å². The second-order valence-corrected chi connectivity index (χ2v) is 5.53. The molecule has 3 rings (SSSR count). The number of rotatable bonds is 3. The summed E-state index contributed by atoms with van der Waals surface area (Å²) in [6.45, 7) is 5.77. The largest absolute Gasteiger partial charge is 0.462 e. The molecule has 0 aliphatic carbocycles. The molecular formula is C16H21N3O3. The van der Waals surface area contributed by atoms with Crippen molar-refractivity contribution in [1.82, 2.24) is 9.97 Å². The molecule has 0 unspecified atom stereocenters. The number of hydrogen-bond acceptors (Lipinski definition) is 6. The Balaban J connectivity index is 2.11. The summed E-state index contributed by atoms with van der Waals surface area (Å²) in [5, 5.41) is 0.681. The van der Waals surface area contributed by atoms with Gasteiger partial charge in [0.15, 0.2) is 0 Å². The minimum Gasteiger partial charge on any atom is -0.462 e. The van der Waals surface area contributed by atoms with Crippen LogP contribution in [0.25, 0.3) is 11.1 Å². The van der Waals surface area contributed by atoms with Gasteiger partial charge in [-0.1, -0.05) is 12.8 Å². The summed E-state index contributed by atoms with van der Waals surface area (Å²) >= 11 is 0. The standard InChI is InChI=1S/C16H21N3O3/c1-3-21-16(20)12-11(2)22-15-13(12)14(17-10-18-15)19-8-6-4-5-7-9-19/h10H,3-9H2,1-2H3. The van der Waals surface area contributed by atoms with Gasteiger partial charge in [-0.05, 0) is 26.7 Å². The van der Waals surface area contributed by atoms with Gasteiger partial charge >= 0.3 is 5.97 Å². The Morgan fingerprint density at radius 2 is 2.00 bits per heavy atom. The zero-order valence-corrected chi connectivity index (χ0v) is 13.1. The van der Waals surface area contributed by atoms with E-state index >= 15 is 0 Å². The van der Waals surface area contributed by atoms with Crippen LogP contribution in [0.2, 0.25) is 0 Å². The number of furan rings is 1. The number of carbonyl (C=O) groups is 1. The molecule has 0 radical (unpaired) electrons. The zero-order chi connectivity index (χ0) is 15.5. The lowest BCUT2D eigenvalue weighted by Crippen LogP contribution is -2.25. The van der Waals surface area contributed by atoms with Gasteiger partial charge in [0.1, 0.15) is 23.5 Å². The Morgan fingerprint density at radius 1 is 1.27 bits per heavy atom. The number of esters is 1. The summed E-state index contributed by atoms with van der Waals surface area (Å²) < 4.78 is 10.8. The van der Waals surface area contributed by atoms with E-state index in [1.54, 1.807) is 13.8 Å². The molecular weight excluding hydrogens is 282 g/mol. The maximum atomic E-state index is 12.3. The Hall–Kier alpha value is -2.11. The topological polar surface area (TPSA) is 68.5 Å². The first-order valence-corrected chi connectivity index (χ1v) is 7.88. The van der Waals surface area contributed by atoms with E-state index in [4.69, 9.17) is 9.15 Å². The van der Waals surface area contributed by atoms with E-state index in [1.165, 1.54) is 19.2 Å². The molecule has 3 heterocycles. The number of fused-ring (bicyclic) bond motifs is 1. The lowest BCUT2D eigenvalue weighted by atomic mass is 10.1. The third-order valence-corrected chi connectivity index (χ3v) is 4.03. The van der Waals surface area contributed by atoms with Crippen LogP contribution in [-0.2, 0) is 4.74 Å². The van der Waals surface area contributed by atoms with E-state index < -0.39 is 0 Å². The van der Waals surface area contributed by atoms with E-state index in [-0.39, 0.29) is 5.97 Å². The number of ether oxygens (including phenoxy) is 1. The fourth-order valence-electron chi connectivity index (χ4n) is 3.00. The average molecular weight is 303 g/mol. The van der Waals surface area contributed by atoms with Crippen molar-refractivity contribution < 1.29 is 13.9 Å². The van der Waals surface area contributed by atoms with Crippen LogP contribution in [0.4, 0.5) is 5.82 Å². The highest BCUT2D eigenvalue weighted by Crippen LogP contribution is 2.32. The van der Waals surface area contributed by atoms with Gasteiger partial charge in [-0.3, -0.25) is 0 Å². The number of aryl methyl sites for hydroxylation is 1. The van der Waals surface area contributed by atoms with Gasteiger partial charge in [0.2, 0.25) is 5.71 Å². The molecule has 2 aromatic heterocycles. The van der Waals surface area contributed by atoms with E-state index in [2.05, 4.69) is 14.9 Å². The van der Waals surface area contributed by atoms with Crippen LogP contribution in [-0.4, -0.2) is 35.6 Å². The molecule has 0 N–H and O–H groups in total. The summed E-state index contributed by atoms with van der Waals surface area (Å²) in [6.07, 6.45) is 6.24. The van der Waals surface area contributed by atoms with E-state index in [0.717, 1.165) is 31.7 Å². The van der Waals surface area contributed by atoms with Gasteiger partial charge < -0.3 is 14.1 Å². The molecule has 1 fully saturated rings. The van der Waals surface area contributed by atoms with Gasteiger partial charge in [0.05, 0.1) is 12.0 Å². The highest BCUT2D eigenvalue weighted by molar-refractivity contribution is 6.07. The maximum Gasteiger partial charge on any atom is 0.342 e. The van der Waals surface area contributed by atoms with Crippen LogP contribution >= 0.6 is 0 Å². The summed E-state index contributed by atoms with van der Waals surface area (Å²) in [5.74, 6) is 0.946. The number of anilines is 1. The molecule has 6 nitrogen and oxygen atoms in total. The van der Waals surface area contributed by atoms with Crippen LogP contribution in [0.5, 0.6) is 0 Å². The molecule has 22 heavy (non-hydrogen) atoms. The number of carbonyl (C=O) groups excluding carboxylic acids is 1. The number of aromatic nitrogens is 2. The average Bonchev–Trinajstić information content (AvgIpc) is 2.68. The second kappa shape index (κ2) is 6.34. The maximum absolute atomic E-state index is 12.3. The Labute approximate surface area is 129 Å². The van der Waals surface area contributed by atoms with Gasteiger partial charge in [0, 0.05) is 13.1 Å². The molecule has 6 heteroatoms. The minimum absolute atomic E-state index is 0.331. The molecule has 0 bridgehead atoms. The molecule has 2 aromatic rings. The Bertz CT molecular complexity index is 673. The van der Waals surface area contributed by atoms with Crippen molar-refractivity contribution in [3.8, 4) is 0 Å². The van der Waals surface area contributed by atoms with Crippen LogP contribution in [0.3, 0.4) is 0 Å². The van der Waals surface area contributed by atoms with Gasteiger partial charge in [0.25, 0.3) is 0 Å². The molecule has 0 aromatic carbocycles. The van der Waals surface area contributed by atoms with Crippen molar-refractivity contribution in [2.24, 2.45) is 0 Å². The fraction of sp³-hybridized carbons (Fsp3) is 0.562. The van der Waals surface area contributed by atoms with Gasteiger partial charge in [-0.25, -0.2) is 14.8 Å². The van der Waals surface area contributed by atoms with Crippen molar-refractivity contribution >= 4 is 22.9 Å². The van der Waals surface area contributed by atoms with Gasteiger partial charge in [-0.15, -0.1) is 0 Å². The molecule has 1 aliphatic heterocycles. The predicted octanol–water partition coefficient (Wildman–Crippen LogP) is 3.09. The summed E-state index contributed by atoms with van der Waals surface area (Å²) in [7, 11) is 0. The van der Waals surface area contributed by atoms with Gasteiger partial charge in [-0.2, -0.15) is 0 Å². The van der Waals surface area contributed by atoms with Crippen molar-refractivity contribution in [3.05, 3.63) is 17.7 Å². The first-order valence-electron chi connectivity index (χ1n) is 7.88. The number of hydrogen-bond donors (Lipinski definition) is 0. The van der Waals surface area contributed by atoms with Crippen LogP contribution in [0, 0.1) is 6.92 Å². The van der Waals surface area contributed by atoms with Crippen molar-refractivity contribution in [1.29, 1.82) is 0 Å².